The van der Waals surface area contributed by atoms with Gasteiger partial charge in [-0.15, -0.1) is 0 Å². The molecule has 4 heterocycles. The zero-order valence-electron chi connectivity index (χ0n) is 20.2. The van der Waals surface area contributed by atoms with E-state index >= 15 is 4.39 Å². The van der Waals surface area contributed by atoms with Crippen LogP contribution in [0.4, 0.5) is 25.1 Å². The van der Waals surface area contributed by atoms with Gasteiger partial charge < -0.3 is 29.4 Å². The number of nitrogens with zero attached hydrogens (tertiary/aromatic N) is 5. The highest BCUT2D eigenvalue weighted by atomic mass is 35.5. The summed E-state index contributed by atoms with van der Waals surface area (Å²) in [6.45, 7) is 4.84. The third-order valence-electron chi connectivity index (χ3n) is 7.08. The fourth-order valence-electron chi connectivity index (χ4n) is 5.18. The van der Waals surface area contributed by atoms with E-state index in [-0.39, 0.29) is 54.3 Å². The van der Waals surface area contributed by atoms with E-state index in [0.717, 1.165) is 0 Å². The number of hydrogen-bond acceptors (Lipinski definition) is 8. The number of halogens is 4. The lowest BCUT2D eigenvalue weighted by Crippen LogP contribution is -2.42. The van der Waals surface area contributed by atoms with Crippen molar-refractivity contribution in [1.82, 2.24) is 19.5 Å². The number of nitrogens with one attached hydrogen (secondary N) is 1. The topological polar surface area (TPSA) is 97.6 Å². The zero-order chi connectivity index (χ0) is 26.1. The highest BCUT2D eigenvalue weighted by Gasteiger charge is 2.74. The zero-order valence-corrected chi connectivity index (χ0v) is 20.9. The van der Waals surface area contributed by atoms with Crippen molar-refractivity contribution >= 4 is 34.5 Å². The van der Waals surface area contributed by atoms with Crippen molar-refractivity contribution in [3.63, 3.8) is 0 Å². The standard InChI is InChI=1S/C24H26ClF3N6O3/c1-11(2)34-16-8-12(18-13(25)9-29-22(31-18)30-15-3-5-36-10-17(15)35)7-14(26)19(16)32-23(34)33-4-6-37-21-20(33)24(21,27)28/h7-9,11,15,17,20-21,35H,3-6,10H2,1-2H3,(H,29,30,31)/t15-,17-,20+,21-/m1/s1. The van der Waals surface area contributed by atoms with Crippen molar-refractivity contribution < 1.29 is 27.8 Å². The van der Waals surface area contributed by atoms with Crippen LogP contribution in [-0.2, 0) is 9.47 Å². The summed E-state index contributed by atoms with van der Waals surface area (Å²) in [4.78, 5) is 14.7. The molecule has 198 valence electrons. The van der Waals surface area contributed by atoms with E-state index in [1.165, 1.54) is 17.2 Å². The maximum Gasteiger partial charge on any atom is 0.298 e. The average molecular weight is 539 g/mol. The summed E-state index contributed by atoms with van der Waals surface area (Å²) in [5.74, 6) is -3.08. The summed E-state index contributed by atoms with van der Waals surface area (Å²) in [5, 5.41) is 13.5. The van der Waals surface area contributed by atoms with Crippen LogP contribution in [0, 0.1) is 5.82 Å². The SMILES string of the molecule is CC(C)n1c(N2CCO[C@@H]3[C@H]2C3(F)F)nc2c(F)cc(-c3nc(N[C@@H]4CCOC[C@H]4O)ncc3Cl)cc21. The van der Waals surface area contributed by atoms with Crippen LogP contribution in [0.5, 0.6) is 0 Å². The van der Waals surface area contributed by atoms with Crippen molar-refractivity contribution in [3.05, 3.63) is 29.2 Å². The Morgan fingerprint density at radius 3 is 2.81 bits per heavy atom. The van der Waals surface area contributed by atoms with E-state index in [4.69, 9.17) is 21.1 Å². The Bertz CT molecular complexity index is 1360. The summed E-state index contributed by atoms with van der Waals surface area (Å²) < 4.78 is 56.3. The number of benzene rings is 1. The van der Waals surface area contributed by atoms with Gasteiger partial charge in [-0.1, -0.05) is 11.6 Å². The highest BCUT2D eigenvalue weighted by molar-refractivity contribution is 6.33. The third-order valence-corrected chi connectivity index (χ3v) is 7.36. The second-order valence-electron chi connectivity index (χ2n) is 9.88. The van der Waals surface area contributed by atoms with Gasteiger partial charge in [0.05, 0.1) is 47.8 Å². The molecule has 1 aromatic carbocycles. The number of hydrogen-bond donors (Lipinski definition) is 2. The van der Waals surface area contributed by atoms with Crippen LogP contribution in [0.25, 0.3) is 22.3 Å². The minimum Gasteiger partial charge on any atom is -0.389 e. The number of imidazole rings is 1. The molecule has 2 aliphatic heterocycles. The van der Waals surface area contributed by atoms with Crippen molar-refractivity contribution in [2.45, 2.75) is 56.5 Å². The normalized spacial score (nSPS) is 27.0. The maximum absolute atomic E-state index is 15.5. The predicted octanol–water partition coefficient (Wildman–Crippen LogP) is 3.65. The smallest absolute Gasteiger partial charge is 0.298 e. The molecule has 2 aromatic heterocycles. The molecular weight excluding hydrogens is 513 g/mol. The first-order valence-electron chi connectivity index (χ1n) is 12.2. The van der Waals surface area contributed by atoms with Crippen LogP contribution in [0.1, 0.15) is 26.3 Å². The Balaban J connectivity index is 1.41. The van der Waals surface area contributed by atoms with Gasteiger partial charge in [0.1, 0.15) is 17.7 Å². The van der Waals surface area contributed by atoms with Crippen LogP contribution >= 0.6 is 11.6 Å². The van der Waals surface area contributed by atoms with Gasteiger partial charge in [-0.05, 0) is 32.4 Å². The van der Waals surface area contributed by atoms with Crippen LogP contribution in [0.2, 0.25) is 5.02 Å². The average Bonchev–Trinajstić information content (AvgIpc) is 3.22. The van der Waals surface area contributed by atoms with E-state index in [0.29, 0.717) is 29.8 Å². The lowest BCUT2D eigenvalue weighted by atomic mass is 10.1. The van der Waals surface area contributed by atoms with Crippen LogP contribution < -0.4 is 10.2 Å². The van der Waals surface area contributed by atoms with E-state index in [2.05, 4.69) is 20.3 Å². The molecular formula is C24H26ClF3N6O3. The molecule has 9 nitrogen and oxygen atoms in total. The number of rotatable bonds is 5. The third kappa shape index (κ3) is 4.10. The van der Waals surface area contributed by atoms with Gasteiger partial charge in [0.2, 0.25) is 11.9 Å². The van der Waals surface area contributed by atoms with Crippen LogP contribution in [0.15, 0.2) is 18.3 Å². The number of aliphatic hydroxyl groups is 1. The van der Waals surface area contributed by atoms with Gasteiger partial charge >= 0.3 is 0 Å². The van der Waals surface area contributed by atoms with Gasteiger partial charge in [-0.2, -0.15) is 0 Å². The van der Waals surface area contributed by atoms with Gasteiger partial charge in [-0.3, -0.25) is 0 Å². The molecule has 4 atom stereocenters. The molecule has 0 amide bonds. The lowest BCUT2D eigenvalue weighted by Gasteiger charge is -2.28. The molecule has 3 aromatic rings. The fourth-order valence-corrected chi connectivity index (χ4v) is 5.38. The monoisotopic (exact) mass is 538 g/mol. The van der Waals surface area contributed by atoms with Gasteiger partial charge in [0.15, 0.2) is 5.82 Å². The molecule has 2 N–H and O–H groups in total. The molecule has 0 spiro atoms. The highest BCUT2D eigenvalue weighted by Crippen LogP contribution is 2.51. The number of fused-ring (bicyclic) bond motifs is 2. The first-order chi connectivity index (χ1) is 17.7. The molecule has 6 rings (SSSR count). The van der Waals surface area contributed by atoms with Crippen molar-refractivity contribution in [2.24, 2.45) is 0 Å². The van der Waals surface area contributed by atoms with Crippen LogP contribution in [0.3, 0.4) is 0 Å². The number of alkyl halides is 2. The molecule has 3 fully saturated rings. The van der Waals surface area contributed by atoms with Gasteiger partial charge in [0, 0.05) is 24.8 Å². The minimum atomic E-state index is -2.98. The Kier molecular flexibility index (Phi) is 5.98. The summed E-state index contributed by atoms with van der Waals surface area (Å²) >= 11 is 6.42. The summed E-state index contributed by atoms with van der Waals surface area (Å²) in [6, 6.07) is 1.36. The minimum absolute atomic E-state index is 0.0771. The number of aromatic nitrogens is 4. The maximum atomic E-state index is 15.5. The molecule has 0 radical (unpaired) electrons. The first kappa shape index (κ1) is 24.7. The largest absolute Gasteiger partial charge is 0.389 e. The number of aliphatic hydroxyl groups excluding tert-OH is 1. The van der Waals surface area contributed by atoms with Crippen molar-refractivity contribution in [2.75, 3.05) is 36.6 Å². The van der Waals surface area contributed by atoms with E-state index in [1.807, 2.05) is 13.8 Å². The molecule has 1 saturated carbocycles. The second-order valence-corrected chi connectivity index (χ2v) is 10.3. The molecule has 37 heavy (non-hydrogen) atoms. The summed E-state index contributed by atoms with van der Waals surface area (Å²) in [7, 11) is 0. The Morgan fingerprint density at radius 2 is 2.05 bits per heavy atom. The van der Waals surface area contributed by atoms with E-state index < -0.39 is 30.0 Å². The van der Waals surface area contributed by atoms with Crippen molar-refractivity contribution in [1.29, 1.82) is 0 Å². The number of ether oxygens (including phenoxy) is 2. The van der Waals surface area contributed by atoms with E-state index in [9.17, 15) is 13.9 Å². The van der Waals surface area contributed by atoms with Gasteiger partial charge in [-0.25, -0.2) is 28.1 Å². The number of anilines is 2. The quantitative estimate of drug-likeness (QED) is 0.508. The summed E-state index contributed by atoms with van der Waals surface area (Å²) in [5.41, 5.74) is 1.20. The molecule has 3 aliphatic rings. The fraction of sp³-hybridized carbons (Fsp3) is 0.542. The lowest BCUT2D eigenvalue weighted by molar-refractivity contribution is -0.0136. The first-order valence-corrected chi connectivity index (χ1v) is 12.6. The molecule has 0 unspecified atom stereocenters. The molecule has 0 bridgehead atoms. The Hall–Kier alpha value is -2.67. The van der Waals surface area contributed by atoms with Gasteiger partial charge in [0.25, 0.3) is 5.92 Å². The number of morpholine rings is 1. The molecule has 2 saturated heterocycles. The second kappa shape index (κ2) is 8.97. The summed E-state index contributed by atoms with van der Waals surface area (Å²) in [6.07, 6.45) is 0.0839. The predicted molar refractivity (Wildman–Crippen MR) is 131 cm³/mol. The Labute approximate surface area is 215 Å². The molecule has 13 heteroatoms. The molecule has 1 aliphatic carbocycles. The van der Waals surface area contributed by atoms with Crippen LogP contribution in [-0.4, -0.2) is 81.2 Å². The Morgan fingerprint density at radius 1 is 1.24 bits per heavy atom. The van der Waals surface area contributed by atoms with E-state index in [1.54, 1.807) is 10.6 Å². The van der Waals surface area contributed by atoms with Crippen molar-refractivity contribution in [3.8, 4) is 11.3 Å².